The highest BCUT2D eigenvalue weighted by molar-refractivity contribution is 7.90. The first-order chi connectivity index (χ1) is 13.9. The summed E-state index contributed by atoms with van der Waals surface area (Å²) in [5.41, 5.74) is 2.67. The van der Waals surface area contributed by atoms with Crippen LogP contribution in [-0.4, -0.2) is 20.1 Å². The topological polar surface area (TPSA) is 92.3 Å². The lowest BCUT2D eigenvalue weighted by Crippen LogP contribution is -2.36. The second kappa shape index (κ2) is 9.38. The van der Waals surface area contributed by atoms with E-state index in [9.17, 15) is 13.2 Å². The molecule has 0 spiro atoms. The van der Waals surface area contributed by atoms with E-state index >= 15 is 0 Å². The third-order valence-corrected chi connectivity index (χ3v) is 5.65. The quantitative estimate of drug-likeness (QED) is 0.415. The second-order valence-corrected chi connectivity index (χ2v) is 8.43. The Labute approximate surface area is 170 Å². The summed E-state index contributed by atoms with van der Waals surface area (Å²) in [5, 5.41) is 3.20. The fraction of sp³-hybridized carbons (Fsp3) is 0.238. The van der Waals surface area contributed by atoms with E-state index in [0.717, 1.165) is 16.8 Å². The van der Waals surface area contributed by atoms with E-state index in [1.54, 1.807) is 0 Å². The number of hydrogen-bond acceptors (Lipinski definition) is 5. The van der Waals surface area contributed by atoms with Gasteiger partial charge in [-0.25, -0.2) is 8.42 Å². The Morgan fingerprint density at radius 3 is 2.55 bits per heavy atom. The van der Waals surface area contributed by atoms with Gasteiger partial charge in [-0.3, -0.25) is 9.52 Å². The van der Waals surface area contributed by atoms with Crippen molar-refractivity contribution in [2.24, 2.45) is 0 Å². The van der Waals surface area contributed by atoms with Crippen molar-refractivity contribution >= 4 is 38.8 Å². The largest absolute Gasteiger partial charge is 0.398 e. The number of anilines is 1. The maximum absolute atomic E-state index is 11.8. The van der Waals surface area contributed by atoms with E-state index in [1.807, 2.05) is 76.2 Å². The zero-order valence-corrected chi connectivity index (χ0v) is 17.0. The third kappa shape index (κ3) is 5.92. The molecular formula is C21H24N3O4S+. The Bertz CT molecular complexity index is 1110. The van der Waals surface area contributed by atoms with E-state index < -0.39 is 15.9 Å². The Hall–Kier alpha value is -3.13. The molecule has 0 aliphatic carbocycles. The van der Waals surface area contributed by atoms with Gasteiger partial charge in [0, 0.05) is 31.3 Å². The number of fused-ring (bicyclic) bond motifs is 1. The zero-order valence-electron chi connectivity index (χ0n) is 16.2. The fourth-order valence-electron chi connectivity index (χ4n) is 2.98. The molecule has 0 fully saturated rings. The standard InChI is InChI=1S/C21H23N3O4S/c1-17(25)23-29(26,27)16-8-7-15-24-19-11-5-6-12-20(19)28-21(24)13-14-22-18-9-3-2-4-10-18/h2-6,9-14H,7-8,15-16H2,1H3,(H,23,25)/p+1. The van der Waals surface area contributed by atoms with Crippen LogP contribution in [0.1, 0.15) is 25.7 Å². The molecule has 0 aliphatic heterocycles. The number of aromatic nitrogens is 1. The van der Waals surface area contributed by atoms with Crippen molar-refractivity contribution in [1.29, 1.82) is 0 Å². The van der Waals surface area contributed by atoms with Crippen LogP contribution in [0.2, 0.25) is 0 Å². The Morgan fingerprint density at radius 1 is 1.07 bits per heavy atom. The summed E-state index contributed by atoms with van der Waals surface area (Å²) < 4.78 is 33.5. The third-order valence-electron chi connectivity index (χ3n) is 4.23. The molecule has 3 rings (SSSR count). The highest BCUT2D eigenvalue weighted by Crippen LogP contribution is 2.15. The molecule has 1 amide bonds. The maximum Gasteiger partial charge on any atom is 0.375 e. The molecule has 7 nitrogen and oxygen atoms in total. The van der Waals surface area contributed by atoms with E-state index in [-0.39, 0.29) is 5.75 Å². The highest BCUT2D eigenvalue weighted by Gasteiger charge is 2.20. The van der Waals surface area contributed by atoms with Crippen LogP contribution in [0.15, 0.2) is 65.2 Å². The van der Waals surface area contributed by atoms with Crippen LogP contribution in [0.3, 0.4) is 0 Å². The summed E-state index contributed by atoms with van der Waals surface area (Å²) in [5.74, 6) is 0.00168. The number of nitrogens with one attached hydrogen (secondary N) is 2. The average Bonchev–Trinajstić information content (AvgIpc) is 3.02. The predicted octanol–water partition coefficient (Wildman–Crippen LogP) is 3.05. The van der Waals surface area contributed by atoms with Crippen molar-refractivity contribution in [3.63, 3.8) is 0 Å². The number of benzene rings is 2. The van der Waals surface area contributed by atoms with Gasteiger partial charge in [0.25, 0.3) is 5.52 Å². The van der Waals surface area contributed by atoms with Crippen molar-refractivity contribution in [3.05, 3.63) is 66.7 Å². The second-order valence-electron chi connectivity index (χ2n) is 6.59. The Balaban J connectivity index is 1.69. The lowest BCUT2D eigenvalue weighted by Gasteiger charge is -2.03. The number of unbranched alkanes of at least 4 members (excludes halogenated alkanes) is 1. The van der Waals surface area contributed by atoms with E-state index in [0.29, 0.717) is 25.3 Å². The number of sulfonamides is 1. The smallest absolute Gasteiger partial charge is 0.375 e. The Kier molecular flexibility index (Phi) is 6.66. The number of hydrogen-bond donors (Lipinski definition) is 2. The van der Waals surface area contributed by atoms with Crippen LogP contribution in [-0.2, 0) is 21.4 Å². The molecule has 0 bridgehead atoms. The molecular weight excluding hydrogens is 390 g/mol. The monoisotopic (exact) mass is 414 g/mol. The first-order valence-corrected chi connectivity index (χ1v) is 11.0. The van der Waals surface area contributed by atoms with E-state index in [1.165, 1.54) is 6.92 Å². The molecule has 0 saturated heterocycles. The minimum absolute atomic E-state index is 0.0936. The van der Waals surface area contributed by atoms with Crippen LogP contribution in [0.4, 0.5) is 5.69 Å². The first kappa shape index (κ1) is 20.6. The zero-order chi connectivity index (χ0) is 20.7. The molecule has 0 unspecified atom stereocenters. The Morgan fingerprint density at radius 2 is 1.79 bits per heavy atom. The molecule has 1 aromatic heterocycles. The van der Waals surface area contributed by atoms with Crippen molar-refractivity contribution in [2.75, 3.05) is 11.1 Å². The van der Waals surface area contributed by atoms with Gasteiger partial charge in [0.15, 0.2) is 6.54 Å². The van der Waals surface area contributed by atoms with Gasteiger partial charge in [0.2, 0.25) is 21.5 Å². The summed E-state index contributed by atoms with van der Waals surface area (Å²) in [6, 6.07) is 17.5. The summed E-state index contributed by atoms with van der Waals surface area (Å²) in [4.78, 5) is 11.0. The number of carbonyl (C=O) groups excluding carboxylic acids is 1. The molecule has 1 heterocycles. The van der Waals surface area contributed by atoms with Gasteiger partial charge in [-0.1, -0.05) is 30.3 Å². The van der Waals surface area contributed by atoms with Crippen LogP contribution in [0, 0.1) is 0 Å². The summed E-state index contributed by atoms with van der Waals surface area (Å²) in [7, 11) is -3.58. The molecule has 3 aromatic rings. The number of oxazole rings is 1. The highest BCUT2D eigenvalue weighted by atomic mass is 32.2. The molecule has 8 heteroatoms. The van der Waals surface area contributed by atoms with Gasteiger partial charge in [-0.2, -0.15) is 4.57 Å². The summed E-state index contributed by atoms with van der Waals surface area (Å²) in [6.45, 7) is 1.78. The number of rotatable bonds is 9. The van der Waals surface area contributed by atoms with Gasteiger partial charge in [0.05, 0.1) is 11.8 Å². The molecule has 29 heavy (non-hydrogen) atoms. The van der Waals surface area contributed by atoms with Gasteiger partial charge in [0.1, 0.15) is 0 Å². The van der Waals surface area contributed by atoms with Gasteiger partial charge < -0.3 is 9.73 Å². The number of carbonyl (C=O) groups is 1. The minimum atomic E-state index is -3.58. The fourth-order valence-corrected chi connectivity index (χ4v) is 4.11. The lowest BCUT2D eigenvalue weighted by molar-refractivity contribution is -0.678. The number of amides is 1. The van der Waals surface area contributed by atoms with Crippen LogP contribution in [0.5, 0.6) is 0 Å². The summed E-state index contributed by atoms with van der Waals surface area (Å²) in [6.07, 6.45) is 4.71. The molecule has 0 atom stereocenters. The molecule has 0 radical (unpaired) electrons. The van der Waals surface area contributed by atoms with E-state index in [4.69, 9.17) is 4.42 Å². The molecule has 0 saturated carbocycles. The molecule has 152 valence electrons. The van der Waals surface area contributed by atoms with Crippen LogP contribution >= 0.6 is 0 Å². The van der Waals surface area contributed by atoms with Crippen molar-refractivity contribution in [2.45, 2.75) is 26.3 Å². The number of para-hydroxylation sites is 3. The van der Waals surface area contributed by atoms with Crippen LogP contribution < -0.4 is 14.6 Å². The molecule has 2 aromatic carbocycles. The van der Waals surface area contributed by atoms with Gasteiger partial charge >= 0.3 is 5.89 Å². The van der Waals surface area contributed by atoms with Crippen LogP contribution in [0.25, 0.3) is 17.2 Å². The van der Waals surface area contributed by atoms with E-state index in [2.05, 4.69) is 5.32 Å². The van der Waals surface area contributed by atoms with Crippen molar-refractivity contribution in [1.82, 2.24) is 4.72 Å². The van der Waals surface area contributed by atoms with Gasteiger partial charge in [-0.05, 0) is 24.6 Å². The maximum atomic E-state index is 11.8. The normalized spacial score (nSPS) is 11.8. The van der Waals surface area contributed by atoms with Crippen molar-refractivity contribution in [3.8, 4) is 0 Å². The molecule has 2 N–H and O–H groups in total. The summed E-state index contributed by atoms with van der Waals surface area (Å²) >= 11 is 0. The van der Waals surface area contributed by atoms with Crippen molar-refractivity contribution < 1.29 is 22.2 Å². The lowest BCUT2D eigenvalue weighted by atomic mass is 10.3. The predicted molar refractivity (Wildman–Crippen MR) is 112 cm³/mol. The first-order valence-electron chi connectivity index (χ1n) is 9.35. The number of aryl methyl sites for hydroxylation is 1. The number of nitrogens with zero attached hydrogens (tertiary/aromatic N) is 1. The SMILES string of the molecule is CC(=O)NS(=O)(=O)CCCC[n+]1c(C=CNc2ccccc2)oc2ccccc21. The minimum Gasteiger partial charge on any atom is -0.398 e. The average molecular weight is 415 g/mol. The molecule has 0 aliphatic rings. The van der Waals surface area contributed by atoms with Gasteiger partial charge in [-0.15, -0.1) is 0 Å².